The lowest BCUT2D eigenvalue weighted by Crippen LogP contribution is -2.19. The number of hydrogen-bond donors (Lipinski definition) is 0. The van der Waals surface area contributed by atoms with Gasteiger partial charge in [0.25, 0.3) is 0 Å². The van der Waals surface area contributed by atoms with Crippen LogP contribution in [-0.2, 0) is 0 Å². The Kier molecular flexibility index (Phi) is 3.99. The van der Waals surface area contributed by atoms with Crippen molar-refractivity contribution in [3.05, 3.63) is 64.7 Å². The Morgan fingerprint density at radius 2 is 1.50 bits per heavy atom. The quantitative estimate of drug-likeness (QED) is 0.782. The molecular formula is C14H8ClF3O2. The lowest BCUT2D eigenvalue weighted by atomic mass is 10.0. The van der Waals surface area contributed by atoms with Gasteiger partial charge in [-0.1, -0.05) is 35.9 Å². The van der Waals surface area contributed by atoms with Crippen LogP contribution in [0.4, 0.5) is 13.2 Å². The molecule has 0 aliphatic heterocycles. The molecule has 2 rings (SSSR count). The first-order valence-corrected chi connectivity index (χ1v) is 5.90. The Balaban J connectivity index is 2.43. The van der Waals surface area contributed by atoms with Gasteiger partial charge in [0.15, 0.2) is 5.78 Å². The molecule has 0 unspecified atom stereocenters. The number of hydrogen-bond acceptors (Lipinski definition) is 2. The van der Waals surface area contributed by atoms with Crippen molar-refractivity contribution in [1.29, 1.82) is 0 Å². The van der Waals surface area contributed by atoms with E-state index in [9.17, 15) is 18.0 Å². The van der Waals surface area contributed by atoms with Crippen LogP contribution in [0.25, 0.3) is 0 Å². The first-order chi connectivity index (χ1) is 9.38. The summed E-state index contributed by atoms with van der Waals surface area (Å²) in [6.45, 7) is 0. The highest BCUT2D eigenvalue weighted by Crippen LogP contribution is 2.29. The Labute approximate surface area is 117 Å². The number of halogens is 4. The van der Waals surface area contributed by atoms with E-state index in [0.717, 1.165) is 6.07 Å². The van der Waals surface area contributed by atoms with Crippen molar-refractivity contribution < 1.29 is 22.7 Å². The highest BCUT2D eigenvalue weighted by molar-refractivity contribution is 6.35. The Bertz CT molecular complexity index is 638. The van der Waals surface area contributed by atoms with E-state index in [1.54, 1.807) is 12.1 Å². The monoisotopic (exact) mass is 300 g/mol. The van der Waals surface area contributed by atoms with Gasteiger partial charge in [-0.25, -0.2) is 0 Å². The van der Waals surface area contributed by atoms with E-state index in [2.05, 4.69) is 4.74 Å². The van der Waals surface area contributed by atoms with Crippen LogP contribution >= 0.6 is 11.6 Å². The fourth-order valence-corrected chi connectivity index (χ4v) is 1.88. The van der Waals surface area contributed by atoms with Crippen LogP contribution < -0.4 is 4.74 Å². The summed E-state index contributed by atoms with van der Waals surface area (Å²) in [5.74, 6) is -1.18. The molecule has 0 atom stereocenters. The second kappa shape index (κ2) is 5.54. The predicted molar refractivity (Wildman–Crippen MR) is 68.0 cm³/mol. The van der Waals surface area contributed by atoms with Crippen LogP contribution in [0.15, 0.2) is 48.5 Å². The molecule has 2 aromatic carbocycles. The van der Waals surface area contributed by atoms with Gasteiger partial charge >= 0.3 is 6.36 Å². The van der Waals surface area contributed by atoms with Crippen molar-refractivity contribution in [2.45, 2.75) is 6.36 Å². The van der Waals surface area contributed by atoms with Crippen LogP contribution in [-0.4, -0.2) is 12.1 Å². The molecule has 0 N–H and O–H groups in total. The van der Waals surface area contributed by atoms with Crippen LogP contribution in [0.5, 0.6) is 5.75 Å². The van der Waals surface area contributed by atoms with Crippen LogP contribution in [0.3, 0.4) is 0 Å². The largest absolute Gasteiger partial charge is 0.573 e. The summed E-state index contributed by atoms with van der Waals surface area (Å²) in [5.41, 5.74) is -0.0784. The van der Waals surface area contributed by atoms with E-state index in [1.165, 1.54) is 30.3 Å². The molecule has 0 aliphatic carbocycles. The smallest absolute Gasteiger partial charge is 0.405 e. The zero-order chi connectivity index (χ0) is 14.8. The van der Waals surface area contributed by atoms with Gasteiger partial charge in [0.05, 0.1) is 10.6 Å². The molecule has 0 amide bonds. The summed E-state index contributed by atoms with van der Waals surface area (Å²) in [5, 5.41) is 0.166. The standard InChI is InChI=1S/C14H8ClF3O2/c15-11-7-3-1-5-9(11)13(19)10-6-2-4-8-12(10)20-14(16,17)18/h1-8H. The summed E-state index contributed by atoms with van der Waals surface area (Å²) in [6, 6.07) is 11.3. The average molecular weight is 301 g/mol. The maximum absolute atomic E-state index is 12.3. The molecule has 0 saturated carbocycles. The third-order valence-electron chi connectivity index (χ3n) is 2.48. The lowest BCUT2D eigenvalue weighted by Gasteiger charge is -2.12. The van der Waals surface area contributed by atoms with Gasteiger partial charge in [-0.3, -0.25) is 4.79 Å². The number of rotatable bonds is 3. The van der Waals surface area contributed by atoms with E-state index < -0.39 is 17.9 Å². The fourth-order valence-electron chi connectivity index (χ4n) is 1.66. The summed E-state index contributed by atoms with van der Waals surface area (Å²) in [7, 11) is 0. The summed E-state index contributed by atoms with van der Waals surface area (Å²) in [4.78, 5) is 12.2. The van der Waals surface area contributed by atoms with E-state index >= 15 is 0 Å². The fraction of sp³-hybridized carbons (Fsp3) is 0.0714. The molecule has 104 valence electrons. The molecule has 0 aliphatic rings. The molecule has 0 spiro atoms. The van der Waals surface area contributed by atoms with E-state index in [-0.39, 0.29) is 16.1 Å². The molecule has 0 heterocycles. The molecule has 0 bridgehead atoms. The predicted octanol–water partition coefficient (Wildman–Crippen LogP) is 4.47. The topological polar surface area (TPSA) is 26.3 Å². The summed E-state index contributed by atoms with van der Waals surface area (Å²) >= 11 is 5.87. The van der Waals surface area contributed by atoms with Gasteiger partial charge in [0.2, 0.25) is 0 Å². The highest BCUT2D eigenvalue weighted by Gasteiger charge is 2.33. The van der Waals surface area contributed by atoms with Gasteiger partial charge in [0, 0.05) is 5.56 Å². The van der Waals surface area contributed by atoms with Crippen molar-refractivity contribution in [1.82, 2.24) is 0 Å². The Hall–Kier alpha value is -2.01. The minimum atomic E-state index is -4.86. The Morgan fingerprint density at radius 3 is 2.10 bits per heavy atom. The number of para-hydroxylation sites is 1. The molecule has 2 nitrogen and oxygen atoms in total. The third-order valence-corrected chi connectivity index (χ3v) is 2.81. The second-order valence-electron chi connectivity index (χ2n) is 3.85. The zero-order valence-corrected chi connectivity index (χ0v) is 10.7. The van der Waals surface area contributed by atoms with E-state index in [4.69, 9.17) is 11.6 Å². The zero-order valence-electron chi connectivity index (χ0n) is 9.95. The molecular weight excluding hydrogens is 293 g/mol. The number of carbonyl (C=O) groups is 1. The third kappa shape index (κ3) is 3.30. The normalized spacial score (nSPS) is 11.2. The highest BCUT2D eigenvalue weighted by atomic mass is 35.5. The molecule has 0 aromatic heterocycles. The number of ketones is 1. The first kappa shape index (κ1) is 14.4. The molecule has 0 radical (unpaired) electrons. The minimum Gasteiger partial charge on any atom is -0.405 e. The van der Waals surface area contributed by atoms with Gasteiger partial charge in [-0.15, -0.1) is 13.2 Å². The van der Waals surface area contributed by atoms with Crippen molar-refractivity contribution in [2.75, 3.05) is 0 Å². The van der Waals surface area contributed by atoms with Crippen LogP contribution in [0, 0.1) is 0 Å². The van der Waals surface area contributed by atoms with Crippen molar-refractivity contribution >= 4 is 17.4 Å². The lowest BCUT2D eigenvalue weighted by molar-refractivity contribution is -0.274. The van der Waals surface area contributed by atoms with Crippen molar-refractivity contribution in [2.24, 2.45) is 0 Å². The Morgan fingerprint density at radius 1 is 0.950 bits per heavy atom. The number of carbonyl (C=O) groups excluding carboxylic acids is 1. The van der Waals surface area contributed by atoms with Gasteiger partial charge in [-0.2, -0.15) is 0 Å². The molecule has 20 heavy (non-hydrogen) atoms. The van der Waals surface area contributed by atoms with Crippen LogP contribution in [0.1, 0.15) is 15.9 Å². The summed E-state index contributed by atoms with van der Waals surface area (Å²) < 4.78 is 40.8. The van der Waals surface area contributed by atoms with Gasteiger partial charge < -0.3 is 4.74 Å². The molecule has 6 heteroatoms. The van der Waals surface area contributed by atoms with E-state index in [1.807, 2.05) is 0 Å². The maximum atomic E-state index is 12.3. The number of alkyl halides is 3. The van der Waals surface area contributed by atoms with Crippen molar-refractivity contribution in [3.63, 3.8) is 0 Å². The number of benzene rings is 2. The van der Waals surface area contributed by atoms with E-state index in [0.29, 0.717) is 0 Å². The average Bonchev–Trinajstić information content (AvgIpc) is 2.37. The second-order valence-corrected chi connectivity index (χ2v) is 4.26. The molecule has 0 fully saturated rings. The van der Waals surface area contributed by atoms with Crippen molar-refractivity contribution in [3.8, 4) is 5.75 Å². The minimum absolute atomic E-state index is 0.118. The first-order valence-electron chi connectivity index (χ1n) is 5.52. The SMILES string of the molecule is O=C(c1ccccc1Cl)c1ccccc1OC(F)(F)F. The maximum Gasteiger partial charge on any atom is 0.573 e. The molecule has 2 aromatic rings. The van der Waals surface area contributed by atoms with Gasteiger partial charge in [-0.05, 0) is 24.3 Å². The van der Waals surface area contributed by atoms with Gasteiger partial charge in [0.1, 0.15) is 5.75 Å². The molecule has 0 saturated heterocycles. The van der Waals surface area contributed by atoms with Crippen LogP contribution in [0.2, 0.25) is 5.02 Å². The summed E-state index contributed by atoms with van der Waals surface area (Å²) in [6.07, 6.45) is -4.86. The number of ether oxygens (including phenoxy) is 1.